The molecule has 4 nitrogen and oxygen atoms in total. The van der Waals surface area contributed by atoms with E-state index >= 15 is 0 Å². The molecule has 0 amide bonds. The fraction of sp³-hybridized carbons (Fsp3) is 0.833. The van der Waals surface area contributed by atoms with Crippen molar-refractivity contribution in [2.45, 2.75) is 31.9 Å². The smallest absolute Gasteiger partial charge is 0.334 e. The molecule has 0 fully saturated rings. The van der Waals surface area contributed by atoms with Crippen LogP contribution in [0.15, 0.2) is 0 Å². The van der Waals surface area contributed by atoms with Crippen LogP contribution >= 0.6 is 12.4 Å². The van der Waals surface area contributed by atoms with Gasteiger partial charge in [-0.2, -0.15) is 0 Å². The standard InChI is InChI=1S/C6H13NO3.ClH/c1-2-3-4(7)5(8)6(9)10;/h4-5,8H,2-3,7H2,1H3,(H,9,10);1H/t4-,5+;/m0./s1. The molecule has 0 bridgehead atoms. The second-order valence-corrected chi connectivity index (χ2v) is 2.24. The van der Waals surface area contributed by atoms with Crippen LogP contribution < -0.4 is 5.73 Å². The molecule has 5 heteroatoms. The van der Waals surface area contributed by atoms with Crippen LogP contribution in [0.4, 0.5) is 0 Å². The van der Waals surface area contributed by atoms with E-state index in [1.165, 1.54) is 0 Å². The molecule has 0 unspecified atom stereocenters. The first kappa shape index (κ1) is 13.3. The highest BCUT2D eigenvalue weighted by molar-refractivity contribution is 5.85. The fourth-order valence-corrected chi connectivity index (χ4v) is 0.674. The third kappa shape index (κ3) is 5.01. The van der Waals surface area contributed by atoms with E-state index in [1.807, 2.05) is 6.92 Å². The Bertz CT molecular complexity index is 120. The van der Waals surface area contributed by atoms with E-state index in [0.717, 1.165) is 6.42 Å². The van der Waals surface area contributed by atoms with Crippen molar-refractivity contribution >= 4 is 18.4 Å². The van der Waals surface area contributed by atoms with Crippen molar-refractivity contribution in [1.29, 1.82) is 0 Å². The zero-order valence-electron chi connectivity index (χ0n) is 6.36. The van der Waals surface area contributed by atoms with Crippen molar-refractivity contribution in [2.75, 3.05) is 0 Å². The lowest BCUT2D eigenvalue weighted by Crippen LogP contribution is -2.40. The lowest BCUT2D eigenvalue weighted by atomic mass is 10.1. The van der Waals surface area contributed by atoms with E-state index in [1.54, 1.807) is 0 Å². The van der Waals surface area contributed by atoms with Crippen LogP contribution in [-0.2, 0) is 4.79 Å². The van der Waals surface area contributed by atoms with E-state index in [9.17, 15) is 4.79 Å². The van der Waals surface area contributed by atoms with E-state index in [4.69, 9.17) is 15.9 Å². The van der Waals surface area contributed by atoms with Crippen molar-refractivity contribution in [1.82, 2.24) is 0 Å². The molecule has 0 aliphatic rings. The third-order valence-electron chi connectivity index (χ3n) is 1.28. The topological polar surface area (TPSA) is 83.5 Å². The molecule has 0 aromatic rings. The first-order chi connectivity index (χ1) is 4.59. The summed E-state index contributed by atoms with van der Waals surface area (Å²) in [6.07, 6.45) is -0.0983. The lowest BCUT2D eigenvalue weighted by molar-refractivity contribution is -0.147. The summed E-state index contributed by atoms with van der Waals surface area (Å²) >= 11 is 0. The number of halogens is 1. The zero-order valence-corrected chi connectivity index (χ0v) is 7.17. The molecule has 0 saturated carbocycles. The largest absolute Gasteiger partial charge is 0.479 e. The SMILES string of the molecule is CCC[C@H](N)[C@@H](O)C(=O)O.Cl. The highest BCUT2D eigenvalue weighted by Gasteiger charge is 2.20. The van der Waals surface area contributed by atoms with Crippen LogP contribution in [0.1, 0.15) is 19.8 Å². The van der Waals surface area contributed by atoms with Crippen molar-refractivity contribution in [3.05, 3.63) is 0 Å². The fourth-order valence-electron chi connectivity index (χ4n) is 0.674. The maximum Gasteiger partial charge on any atom is 0.334 e. The Morgan fingerprint density at radius 2 is 2.09 bits per heavy atom. The second-order valence-electron chi connectivity index (χ2n) is 2.24. The number of aliphatic hydroxyl groups is 1. The average molecular weight is 184 g/mol. The van der Waals surface area contributed by atoms with Gasteiger partial charge in [0.1, 0.15) is 0 Å². The minimum absolute atomic E-state index is 0. The van der Waals surface area contributed by atoms with Crippen molar-refractivity contribution < 1.29 is 15.0 Å². The van der Waals surface area contributed by atoms with E-state index in [2.05, 4.69) is 0 Å². The van der Waals surface area contributed by atoms with Crippen LogP contribution in [-0.4, -0.2) is 28.3 Å². The zero-order chi connectivity index (χ0) is 8.15. The van der Waals surface area contributed by atoms with E-state index in [-0.39, 0.29) is 12.4 Å². The summed E-state index contributed by atoms with van der Waals surface area (Å²) in [6.45, 7) is 1.88. The summed E-state index contributed by atoms with van der Waals surface area (Å²) in [6, 6.07) is -0.637. The summed E-state index contributed by atoms with van der Waals surface area (Å²) in [5, 5.41) is 17.1. The number of rotatable bonds is 4. The quantitative estimate of drug-likeness (QED) is 0.572. The van der Waals surface area contributed by atoms with E-state index < -0.39 is 18.1 Å². The average Bonchev–Trinajstić information content (AvgIpc) is 1.87. The van der Waals surface area contributed by atoms with Gasteiger partial charge in [-0.05, 0) is 6.42 Å². The molecule has 68 valence electrons. The molecule has 0 heterocycles. The highest BCUT2D eigenvalue weighted by Crippen LogP contribution is 1.98. The van der Waals surface area contributed by atoms with Crippen molar-refractivity contribution in [2.24, 2.45) is 5.73 Å². The summed E-state index contributed by atoms with van der Waals surface area (Å²) in [7, 11) is 0. The van der Waals surface area contributed by atoms with Crippen LogP contribution in [0.2, 0.25) is 0 Å². The van der Waals surface area contributed by atoms with E-state index in [0.29, 0.717) is 6.42 Å². The molecule has 0 aromatic heterocycles. The summed E-state index contributed by atoms with van der Waals surface area (Å²) in [4.78, 5) is 10.1. The number of nitrogens with two attached hydrogens (primary N) is 1. The van der Waals surface area contributed by atoms with Gasteiger partial charge in [0.25, 0.3) is 0 Å². The number of hydrogen-bond acceptors (Lipinski definition) is 3. The van der Waals surface area contributed by atoms with Gasteiger partial charge in [0.15, 0.2) is 6.10 Å². The Balaban J connectivity index is 0. The number of aliphatic carboxylic acids is 1. The molecule has 0 radical (unpaired) electrons. The molecule has 0 aromatic carbocycles. The number of carbonyl (C=O) groups is 1. The Hall–Kier alpha value is -0.320. The van der Waals surface area contributed by atoms with Crippen molar-refractivity contribution in [3.8, 4) is 0 Å². The Kier molecular flexibility index (Phi) is 7.72. The maximum atomic E-state index is 10.1. The summed E-state index contributed by atoms with van der Waals surface area (Å²) < 4.78 is 0. The molecular weight excluding hydrogens is 170 g/mol. The predicted octanol–water partition coefficient (Wildman–Crippen LogP) is -0.0189. The second kappa shape index (κ2) is 6.39. The van der Waals surface area contributed by atoms with Crippen LogP contribution in [0.25, 0.3) is 0 Å². The molecule has 0 aliphatic carbocycles. The molecule has 0 saturated heterocycles. The Morgan fingerprint density at radius 3 is 2.36 bits per heavy atom. The minimum Gasteiger partial charge on any atom is -0.479 e. The highest BCUT2D eigenvalue weighted by atomic mass is 35.5. The van der Waals surface area contributed by atoms with Gasteiger partial charge in [0, 0.05) is 6.04 Å². The maximum absolute atomic E-state index is 10.1. The van der Waals surface area contributed by atoms with Gasteiger partial charge in [-0.1, -0.05) is 13.3 Å². The summed E-state index contributed by atoms with van der Waals surface area (Å²) in [5.74, 6) is -1.25. The molecule has 0 aliphatic heterocycles. The van der Waals surface area contributed by atoms with Crippen LogP contribution in [0, 0.1) is 0 Å². The lowest BCUT2D eigenvalue weighted by Gasteiger charge is -2.12. The van der Waals surface area contributed by atoms with Crippen LogP contribution in [0.5, 0.6) is 0 Å². The van der Waals surface area contributed by atoms with Gasteiger partial charge in [-0.15, -0.1) is 12.4 Å². The normalized spacial score (nSPS) is 14.8. The van der Waals surface area contributed by atoms with Crippen LogP contribution in [0.3, 0.4) is 0 Å². The molecule has 0 rings (SSSR count). The first-order valence-electron chi connectivity index (χ1n) is 3.26. The van der Waals surface area contributed by atoms with Crippen molar-refractivity contribution in [3.63, 3.8) is 0 Å². The van der Waals surface area contributed by atoms with Gasteiger partial charge in [0.2, 0.25) is 0 Å². The van der Waals surface area contributed by atoms with Gasteiger partial charge in [0.05, 0.1) is 0 Å². The minimum atomic E-state index is -1.42. The molecule has 2 atom stereocenters. The van der Waals surface area contributed by atoms with Gasteiger partial charge in [-0.3, -0.25) is 0 Å². The van der Waals surface area contributed by atoms with Gasteiger partial charge in [-0.25, -0.2) is 4.79 Å². The Morgan fingerprint density at radius 1 is 1.64 bits per heavy atom. The summed E-state index contributed by atoms with van der Waals surface area (Å²) in [5.41, 5.74) is 5.30. The molecule has 0 spiro atoms. The van der Waals surface area contributed by atoms with Gasteiger partial charge < -0.3 is 15.9 Å². The molecule has 11 heavy (non-hydrogen) atoms. The van der Waals surface area contributed by atoms with Gasteiger partial charge >= 0.3 is 5.97 Å². The predicted molar refractivity (Wildman–Crippen MR) is 43.8 cm³/mol. The number of carboxylic acids is 1. The number of aliphatic hydroxyl groups excluding tert-OH is 1. The molecular formula is C6H14ClNO3. The first-order valence-corrected chi connectivity index (χ1v) is 3.26. The Labute approximate surface area is 71.8 Å². The third-order valence-corrected chi connectivity index (χ3v) is 1.28. The molecule has 4 N–H and O–H groups in total. The monoisotopic (exact) mass is 183 g/mol. The number of hydrogen-bond donors (Lipinski definition) is 3. The number of carboxylic acid groups (broad SMARTS) is 1.